The zero-order valence-electron chi connectivity index (χ0n) is 9.33. The van der Waals surface area contributed by atoms with E-state index in [1.807, 2.05) is 0 Å². The third-order valence-electron chi connectivity index (χ3n) is 2.05. The summed E-state index contributed by atoms with van der Waals surface area (Å²) in [6.07, 6.45) is -0.0284. The highest BCUT2D eigenvalue weighted by atomic mass is 35.5. The Kier molecular flexibility index (Phi) is 5.10. The molecule has 0 radical (unpaired) electrons. The van der Waals surface area contributed by atoms with E-state index in [-0.39, 0.29) is 35.8 Å². The predicted octanol–water partition coefficient (Wildman–Crippen LogP) is 3.01. The SMILES string of the molecule is CCOC(=O)CCC(=O)c1cc(F)cc(Cl)c1. The molecule has 0 bridgehead atoms. The minimum atomic E-state index is -0.572. The number of benzene rings is 1. The van der Waals surface area contributed by atoms with Crippen LogP contribution in [0.1, 0.15) is 30.1 Å². The molecule has 0 heterocycles. The van der Waals surface area contributed by atoms with Gasteiger partial charge in [-0.1, -0.05) is 11.6 Å². The Morgan fingerprint density at radius 3 is 2.59 bits per heavy atom. The number of carbonyl (C=O) groups excluding carboxylic acids is 2. The molecule has 1 aromatic rings. The van der Waals surface area contributed by atoms with Crippen molar-refractivity contribution < 1.29 is 18.7 Å². The highest BCUT2D eigenvalue weighted by Crippen LogP contribution is 2.16. The lowest BCUT2D eigenvalue weighted by molar-refractivity contribution is -0.143. The molecule has 0 fully saturated rings. The van der Waals surface area contributed by atoms with Crippen LogP contribution in [0.3, 0.4) is 0 Å². The van der Waals surface area contributed by atoms with Crippen LogP contribution in [-0.4, -0.2) is 18.4 Å². The van der Waals surface area contributed by atoms with Crippen molar-refractivity contribution in [3.8, 4) is 0 Å². The number of esters is 1. The molecule has 0 amide bonds. The van der Waals surface area contributed by atoms with E-state index < -0.39 is 11.8 Å². The van der Waals surface area contributed by atoms with Gasteiger partial charge in [-0.2, -0.15) is 0 Å². The van der Waals surface area contributed by atoms with Crippen molar-refractivity contribution in [2.45, 2.75) is 19.8 Å². The van der Waals surface area contributed by atoms with Crippen LogP contribution in [0.25, 0.3) is 0 Å². The fourth-order valence-corrected chi connectivity index (χ4v) is 1.53. The van der Waals surface area contributed by atoms with Gasteiger partial charge in [0.2, 0.25) is 0 Å². The summed E-state index contributed by atoms with van der Waals surface area (Å²) >= 11 is 5.62. The van der Waals surface area contributed by atoms with Crippen LogP contribution in [0.15, 0.2) is 18.2 Å². The molecule has 5 heteroatoms. The first kappa shape index (κ1) is 13.6. The Bertz CT molecular complexity index is 412. The minimum Gasteiger partial charge on any atom is -0.466 e. The molecule has 1 aromatic carbocycles. The van der Waals surface area contributed by atoms with E-state index >= 15 is 0 Å². The first-order valence-electron chi connectivity index (χ1n) is 5.18. The molecule has 0 aliphatic heterocycles. The lowest BCUT2D eigenvalue weighted by Crippen LogP contribution is -2.08. The van der Waals surface area contributed by atoms with Gasteiger partial charge in [0.1, 0.15) is 5.82 Å². The van der Waals surface area contributed by atoms with Crippen LogP contribution < -0.4 is 0 Å². The molecule has 0 aliphatic carbocycles. The van der Waals surface area contributed by atoms with Crippen LogP contribution in [0.4, 0.5) is 4.39 Å². The van der Waals surface area contributed by atoms with E-state index in [0.29, 0.717) is 0 Å². The molecule has 0 saturated carbocycles. The Morgan fingerprint density at radius 2 is 2.00 bits per heavy atom. The summed E-state index contributed by atoms with van der Waals surface area (Å²) in [7, 11) is 0. The van der Waals surface area contributed by atoms with Gasteiger partial charge in [-0.25, -0.2) is 4.39 Å². The van der Waals surface area contributed by atoms with Crippen LogP contribution >= 0.6 is 11.6 Å². The Balaban J connectivity index is 2.61. The number of ether oxygens (including phenoxy) is 1. The quantitative estimate of drug-likeness (QED) is 0.602. The van der Waals surface area contributed by atoms with E-state index in [1.165, 1.54) is 6.07 Å². The summed E-state index contributed by atoms with van der Waals surface area (Å²) < 4.78 is 17.7. The zero-order chi connectivity index (χ0) is 12.8. The second-order valence-electron chi connectivity index (χ2n) is 3.39. The number of ketones is 1. The molecule has 0 N–H and O–H groups in total. The van der Waals surface area contributed by atoms with Gasteiger partial charge in [0.05, 0.1) is 13.0 Å². The molecule has 0 spiro atoms. The summed E-state index contributed by atoms with van der Waals surface area (Å²) in [6, 6.07) is 3.58. The van der Waals surface area contributed by atoms with E-state index in [1.54, 1.807) is 6.92 Å². The average Bonchev–Trinajstić information content (AvgIpc) is 2.25. The van der Waals surface area contributed by atoms with Gasteiger partial charge in [-0.3, -0.25) is 9.59 Å². The number of halogens is 2. The van der Waals surface area contributed by atoms with E-state index in [2.05, 4.69) is 4.74 Å². The Morgan fingerprint density at radius 1 is 1.29 bits per heavy atom. The van der Waals surface area contributed by atoms with Crippen molar-refractivity contribution in [3.63, 3.8) is 0 Å². The number of rotatable bonds is 5. The van der Waals surface area contributed by atoms with Crippen LogP contribution in [0.5, 0.6) is 0 Å². The zero-order valence-corrected chi connectivity index (χ0v) is 10.1. The van der Waals surface area contributed by atoms with Crippen LogP contribution in [0, 0.1) is 5.82 Å². The van der Waals surface area contributed by atoms with Crippen LogP contribution in [-0.2, 0) is 9.53 Å². The van der Waals surface area contributed by atoms with Crippen molar-refractivity contribution in [1.82, 2.24) is 0 Å². The fraction of sp³-hybridized carbons (Fsp3) is 0.333. The van der Waals surface area contributed by atoms with Gasteiger partial charge >= 0.3 is 5.97 Å². The van der Waals surface area contributed by atoms with Gasteiger partial charge in [0, 0.05) is 17.0 Å². The largest absolute Gasteiger partial charge is 0.466 e. The highest BCUT2D eigenvalue weighted by molar-refractivity contribution is 6.31. The van der Waals surface area contributed by atoms with Crippen molar-refractivity contribution in [2.75, 3.05) is 6.61 Å². The van der Waals surface area contributed by atoms with Gasteiger partial charge < -0.3 is 4.74 Å². The smallest absolute Gasteiger partial charge is 0.306 e. The monoisotopic (exact) mass is 258 g/mol. The summed E-state index contributed by atoms with van der Waals surface area (Å²) in [5.41, 5.74) is 0.166. The van der Waals surface area contributed by atoms with Crippen LogP contribution in [0.2, 0.25) is 5.02 Å². The average molecular weight is 259 g/mol. The molecule has 0 aliphatic rings. The first-order chi connectivity index (χ1) is 8.02. The molecule has 0 saturated heterocycles. The van der Waals surface area contributed by atoms with E-state index in [4.69, 9.17) is 11.6 Å². The molecular formula is C12H12ClFO3. The summed E-state index contributed by atoms with van der Waals surface area (Å²) in [5.74, 6) is -1.35. The lowest BCUT2D eigenvalue weighted by atomic mass is 10.1. The van der Waals surface area contributed by atoms with Crippen molar-refractivity contribution in [3.05, 3.63) is 34.6 Å². The third kappa shape index (κ3) is 4.53. The van der Waals surface area contributed by atoms with Gasteiger partial charge in [-0.15, -0.1) is 0 Å². The standard InChI is InChI=1S/C12H12ClFO3/c1-2-17-12(16)4-3-11(15)8-5-9(13)7-10(14)6-8/h5-7H,2-4H2,1H3. The maximum atomic E-state index is 13.0. The molecule has 0 atom stereocenters. The third-order valence-corrected chi connectivity index (χ3v) is 2.26. The normalized spacial score (nSPS) is 10.1. The molecule has 0 aromatic heterocycles. The van der Waals surface area contributed by atoms with Gasteiger partial charge in [0.15, 0.2) is 5.78 Å². The Hall–Kier alpha value is -1.42. The molecule has 92 valence electrons. The van der Waals surface area contributed by atoms with Crippen molar-refractivity contribution >= 4 is 23.4 Å². The van der Waals surface area contributed by atoms with Gasteiger partial charge in [0.25, 0.3) is 0 Å². The number of hydrogen-bond acceptors (Lipinski definition) is 3. The number of Topliss-reactive ketones (excluding diaryl/α,β-unsaturated/α-hetero) is 1. The molecular weight excluding hydrogens is 247 g/mol. The van der Waals surface area contributed by atoms with Crippen molar-refractivity contribution in [1.29, 1.82) is 0 Å². The van der Waals surface area contributed by atoms with Crippen molar-refractivity contribution in [2.24, 2.45) is 0 Å². The Labute approximate surface area is 104 Å². The molecule has 0 unspecified atom stereocenters. The fourth-order valence-electron chi connectivity index (χ4n) is 1.31. The first-order valence-corrected chi connectivity index (χ1v) is 5.55. The topological polar surface area (TPSA) is 43.4 Å². The minimum absolute atomic E-state index is 0.0131. The summed E-state index contributed by atoms with van der Waals surface area (Å²) in [4.78, 5) is 22.7. The maximum Gasteiger partial charge on any atom is 0.306 e. The van der Waals surface area contributed by atoms with E-state index in [0.717, 1.165) is 12.1 Å². The maximum absolute atomic E-state index is 13.0. The predicted molar refractivity (Wildman–Crippen MR) is 61.6 cm³/mol. The lowest BCUT2D eigenvalue weighted by Gasteiger charge is -2.02. The second-order valence-corrected chi connectivity index (χ2v) is 3.82. The molecule has 3 nitrogen and oxygen atoms in total. The number of carbonyl (C=O) groups is 2. The summed E-state index contributed by atoms with van der Waals surface area (Å²) in [6.45, 7) is 1.96. The highest BCUT2D eigenvalue weighted by Gasteiger charge is 2.11. The van der Waals surface area contributed by atoms with Gasteiger partial charge in [-0.05, 0) is 25.1 Å². The molecule has 1 rings (SSSR count). The second kappa shape index (κ2) is 6.35. The molecule has 17 heavy (non-hydrogen) atoms. The number of hydrogen-bond donors (Lipinski definition) is 0. The summed E-state index contributed by atoms with van der Waals surface area (Å²) in [5, 5.41) is 0.157. The van der Waals surface area contributed by atoms with E-state index in [9.17, 15) is 14.0 Å².